The number of allylic oxidation sites excluding steroid dienone is 1. The van der Waals surface area contributed by atoms with Crippen LogP contribution in [0.3, 0.4) is 0 Å². The maximum absolute atomic E-state index is 13.1. The summed E-state index contributed by atoms with van der Waals surface area (Å²) >= 11 is 0. The van der Waals surface area contributed by atoms with Crippen LogP contribution in [0.5, 0.6) is 11.5 Å². The standard InChI is InChI=1S/C26H33N3O3/c1-20-10-11-24-22(18-20)26(30)29(21(2)19-32-24)13-7-6-12-27-14-16-28(17-15-27)23-8-4-5-9-25(23)31-3/h4-5,8-11,18-19H,6-7,12-17H2,1-3H3. The van der Waals surface area contributed by atoms with Crippen molar-refractivity contribution in [1.82, 2.24) is 9.80 Å². The van der Waals surface area contributed by atoms with Gasteiger partial charge in [-0.2, -0.15) is 0 Å². The largest absolute Gasteiger partial charge is 0.495 e. The van der Waals surface area contributed by atoms with Gasteiger partial charge >= 0.3 is 0 Å². The van der Waals surface area contributed by atoms with Gasteiger partial charge in [-0.15, -0.1) is 0 Å². The van der Waals surface area contributed by atoms with E-state index < -0.39 is 0 Å². The lowest BCUT2D eigenvalue weighted by atomic mass is 10.1. The van der Waals surface area contributed by atoms with Gasteiger partial charge in [0.2, 0.25) is 0 Å². The van der Waals surface area contributed by atoms with Gasteiger partial charge in [0.25, 0.3) is 5.91 Å². The van der Waals surface area contributed by atoms with Crippen LogP contribution in [-0.2, 0) is 0 Å². The molecule has 32 heavy (non-hydrogen) atoms. The van der Waals surface area contributed by atoms with Gasteiger partial charge in [-0.3, -0.25) is 9.69 Å². The minimum atomic E-state index is 0.0281. The van der Waals surface area contributed by atoms with Crippen LogP contribution in [-0.4, -0.2) is 62.1 Å². The number of carbonyl (C=O) groups excluding carboxylic acids is 1. The summed E-state index contributed by atoms with van der Waals surface area (Å²) in [6, 6.07) is 14.0. The molecule has 1 fully saturated rings. The van der Waals surface area contributed by atoms with E-state index in [0.717, 1.165) is 62.6 Å². The van der Waals surface area contributed by atoms with Crippen LogP contribution in [0.1, 0.15) is 35.7 Å². The smallest absolute Gasteiger partial charge is 0.261 e. The Hall–Kier alpha value is -2.99. The molecule has 2 aliphatic rings. The van der Waals surface area contributed by atoms with E-state index in [2.05, 4.69) is 21.9 Å². The van der Waals surface area contributed by atoms with Crippen LogP contribution in [0.4, 0.5) is 5.69 Å². The summed E-state index contributed by atoms with van der Waals surface area (Å²) in [6.45, 7) is 9.78. The van der Waals surface area contributed by atoms with Crippen molar-refractivity contribution < 1.29 is 14.3 Å². The number of aryl methyl sites for hydroxylation is 1. The Morgan fingerprint density at radius 2 is 1.72 bits per heavy atom. The quantitative estimate of drug-likeness (QED) is 0.607. The Bertz CT molecular complexity index is 980. The number of hydrogen-bond acceptors (Lipinski definition) is 5. The maximum Gasteiger partial charge on any atom is 0.261 e. The van der Waals surface area contributed by atoms with E-state index in [1.54, 1.807) is 13.4 Å². The van der Waals surface area contributed by atoms with Crippen molar-refractivity contribution >= 4 is 11.6 Å². The molecule has 0 atom stereocenters. The molecule has 1 saturated heterocycles. The molecule has 0 unspecified atom stereocenters. The Morgan fingerprint density at radius 3 is 2.50 bits per heavy atom. The highest BCUT2D eigenvalue weighted by Gasteiger charge is 2.24. The van der Waals surface area contributed by atoms with Gasteiger partial charge < -0.3 is 19.3 Å². The Balaban J connectivity index is 1.25. The van der Waals surface area contributed by atoms with Gasteiger partial charge in [0.05, 0.1) is 24.1 Å². The maximum atomic E-state index is 13.1. The number of unbranched alkanes of at least 4 members (excludes halogenated alkanes) is 1. The van der Waals surface area contributed by atoms with Gasteiger partial charge in [0.1, 0.15) is 17.8 Å². The topological polar surface area (TPSA) is 45.2 Å². The number of anilines is 1. The van der Waals surface area contributed by atoms with Crippen LogP contribution in [0, 0.1) is 6.92 Å². The van der Waals surface area contributed by atoms with E-state index in [4.69, 9.17) is 9.47 Å². The number of benzene rings is 2. The molecule has 2 heterocycles. The van der Waals surface area contributed by atoms with Gasteiger partial charge in [0, 0.05) is 32.7 Å². The Morgan fingerprint density at radius 1 is 0.969 bits per heavy atom. The molecule has 0 radical (unpaired) electrons. The molecule has 6 heteroatoms. The summed E-state index contributed by atoms with van der Waals surface area (Å²) in [4.78, 5) is 19.9. The average Bonchev–Trinajstić information content (AvgIpc) is 2.93. The van der Waals surface area contributed by atoms with Gasteiger partial charge in [-0.1, -0.05) is 23.8 Å². The number of rotatable bonds is 7. The number of fused-ring (bicyclic) bond motifs is 1. The predicted molar refractivity (Wildman–Crippen MR) is 127 cm³/mol. The van der Waals surface area contributed by atoms with E-state index in [0.29, 0.717) is 17.9 Å². The number of carbonyl (C=O) groups is 1. The highest BCUT2D eigenvalue weighted by molar-refractivity contribution is 5.98. The normalized spacial score (nSPS) is 16.8. The van der Waals surface area contributed by atoms with Gasteiger partial charge in [-0.25, -0.2) is 0 Å². The molecule has 0 aliphatic carbocycles. The SMILES string of the molecule is COc1ccccc1N1CCN(CCCCN2C(=O)c3cc(C)ccc3OC=C2C)CC1. The summed E-state index contributed by atoms with van der Waals surface area (Å²) in [5.41, 5.74) is 3.74. The van der Waals surface area contributed by atoms with Crippen molar-refractivity contribution in [3.63, 3.8) is 0 Å². The van der Waals surface area contributed by atoms with Crippen LogP contribution < -0.4 is 14.4 Å². The molecule has 170 valence electrons. The predicted octanol–water partition coefficient (Wildman–Crippen LogP) is 4.30. The van der Waals surface area contributed by atoms with E-state index >= 15 is 0 Å². The summed E-state index contributed by atoms with van der Waals surface area (Å²) in [5.74, 6) is 1.60. The fourth-order valence-corrected chi connectivity index (χ4v) is 4.42. The fourth-order valence-electron chi connectivity index (χ4n) is 4.42. The number of methoxy groups -OCH3 is 1. The summed E-state index contributed by atoms with van der Waals surface area (Å²) in [7, 11) is 1.73. The fraction of sp³-hybridized carbons (Fsp3) is 0.423. The van der Waals surface area contributed by atoms with Gasteiger partial charge in [-0.05, 0) is 57.5 Å². The average molecular weight is 436 g/mol. The van der Waals surface area contributed by atoms with Crippen molar-refractivity contribution in [1.29, 1.82) is 0 Å². The molecule has 0 N–H and O–H groups in total. The molecule has 2 aliphatic heterocycles. The molecule has 2 aromatic carbocycles. The third kappa shape index (κ3) is 4.91. The summed E-state index contributed by atoms with van der Waals surface area (Å²) < 4.78 is 11.3. The number of piperazine rings is 1. The second-order valence-corrected chi connectivity index (χ2v) is 8.54. The number of para-hydroxylation sites is 2. The monoisotopic (exact) mass is 435 g/mol. The molecule has 0 bridgehead atoms. The number of hydrogen-bond donors (Lipinski definition) is 0. The number of amides is 1. The zero-order valence-corrected chi connectivity index (χ0v) is 19.3. The third-order valence-electron chi connectivity index (χ3n) is 6.30. The first-order valence-electron chi connectivity index (χ1n) is 11.4. The Labute approximate surface area is 191 Å². The minimum absolute atomic E-state index is 0.0281. The zero-order chi connectivity index (χ0) is 22.5. The molecular weight excluding hydrogens is 402 g/mol. The third-order valence-corrected chi connectivity index (χ3v) is 6.30. The second-order valence-electron chi connectivity index (χ2n) is 8.54. The van der Waals surface area contributed by atoms with E-state index in [1.807, 2.05) is 49.1 Å². The lowest BCUT2D eigenvalue weighted by Gasteiger charge is -2.36. The van der Waals surface area contributed by atoms with Crippen LogP contribution in [0.25, 0.3) is 0 Å². The first kappa shape index (κ1) is 22.2. The highest BCUT2D eigenvalue weighted by atomic mass is 16.5. The first-order chi connectivity index (χ1) is 15.6. The van der Waals surface area contributed by atoms with E-state index in [9.17, 15) is 4.79 Å². The summed E-state index contributed by atoms with van der Waals surface area (Å²) in [5, 5.41) is 0. The van der Waals surface area contributed by atoms with Crippen molar-refractivity contribution in [3.05, 3.63) is 65.6 Å². The lowest BCUT2D eigenvalue weighted by molar-refractivity contribution is 0.0804. The van der Waals surface area contributed by atoms with Crippen molar-refractivity contribution in [2.75, 3.05) is 51.3 Å². The molecule has 6 nitrogen and oxygen atoms in total. The Kier molecular flexibility index (Phi) is 7.00. The molecular formula is C26H33N3O3. The van der Waals surface area contributed by atoms with Crippen LogP contribution >= 0.6 is 0 Å². The highest BCUT2D eigenvalue weighted by Crippen LogP contribution is 2.29. The summed E-state index contributed by atoms with van der Waals surface area (Å²) in [6.07, 6.45) is 3.72. The number of ether oxygens (including phenoxy) is 2. The van der Waals surface area contributed by atoms with Gasteiger partial charge in [0.15, 0.2) is 0 Å². The van der Waals surface area contributed by atoms with Crippen molar-refractivity contribution in [2.45, 2.75) is 26.7 Å². The van der Waals surface area contributed by atoms with Crippen LogP contribution in [0.2, 0.25) is 0 Å². The zero-order valence-electron chi connectivity index (χ0n) is 19.3. The molecule has 2 aromatic rings. The molecule has 4 rings (SSSR count). The molecule has 0 saturated carbocycles. The van der Waals surface area contributed by atoms with Crippen LogP contribution in [0.15, 0.2) is 54.4 Å². The van der Waals surface area contributed by atoms with E-state index in [-0.39, 0.29) is 5.91 Å². The number of nitrogens with zero attached hydrogens (tertiary/aromatic N) is 3. The van der Waals surface area contributed by atoms with E-state index in [1.165, 1.54) is 5.69 Å². The molecule has 0 spiro atoms. The minimum Gasteiger partial charge on any atom is -0.495 e. The molecule has 1 amide bonds. The van der Waals surface area contributed by atoms with Crippen molar-refractivity contribution in [3.8, 4) is 11.5 Å². The molecule has 0 aromatic heterocycles. The first-order valence-corrected chi connectivity index (χ1v) is 11.4. The lowest BCUT2D eigenvalue weighted by Crippen LogP contribution is -2.46. The second kappa shape index (κ2) is 10.1. The van der Waals surface area contributed by atoms with Crippen molar-refractivity contribution in [2.24, 2.45) is 0 Å².